The van der Waals surface area contributed by atoms with Crippen molar-refractivity contribution < 1.29 is 0 Å². The normalized spacial score (nSPS) is 12.9. The van der Waals surface area contributed by atoms with E-state index in [0.29, 0.717) is 6.04 Å². The molecular weight excluding hydrogens is 194 g/mol. The van der Waals surface area contributed by atoms with E-state index in [2.05, 4.69) is 32.2 Å². The molecule has 0 saturated carbocycles. The molecule has 0 heterocycles. The summed E-state index contributed by atoms with van der Waals surface area (Å²) in [6.07, 6.45) is 1.16. The van der Waals surface area contributed by atoms with Gasteiger partial charge in [0.05, 0.1) is 0 Å². The standard InChI is InChI=1S/C12H18ClN/c1-4-8-14-10(3)11-6-5-7-12(13)9(11)2/h5-7,10,14H,4,8H2,1-3H3. The first kappa shape index (κ1) is 11.5. The highest BCUT2D eigenvalue weighted by Crippen LogP contribution is 2.23. The summed E-state index contributed by atoms with van der Waals surface area (Å²) in [5.41, 5.74) is 2.48. The molecule has 78 valence electrons. The van der Waals surface area contributed by atoms with Gasteiger partial charge < -0.3 is 5.32 Å². The van der Waals surface area contributed by atoms with Gasteiger partial charge in [0.1, 0.15) is 0 Å². The minimum atomic E-state index is 0.383. The van der Waals surface area contributed by atoms with Crippen molar-refractivity contribution in [1.82, 2.24) is 5.32 Å². The molecule has 0 bridgehead atoms. The van der Waals surface area contributed by atoms with E-state index in [1.165, 1.54) is 11.1 Å². The lowest BCUT2D eigenvalue weighted by Crippen LogP contribution is -2.20. The Labute approximate surface area is 91.5 Å². The monoisotopic (exact) mass is 211 g/mol. The van der Waals surface area contributed by atoms with Gasteiger partial charge in [-0.15, -0.1) is 0 Å². The fourth-order valence-corrected chi connectivity index (χ4v) is 1.75. The van der Waals surface area contributed by atoms with Crippen LogP contribution in [0.25, 0.3) is 0 Å². The summed E-state index contributed by atoms with van der Waals surface area (Å²) >= 11 is 6.06. The van der Waals surface area contributed by atoms with Gasteiger partial charge in [-0.05, 0) is 44.0 Å². The Kier molecular flexibility index (Phi) is 4.43. The smallest absolute Gasteiger partial charge is 0.0438 e. The van der Waals surface area contributed by atoms with E-state index in [1.54, 1.807) is 0 Å². The Morgan fingerprint density at radius 1 is 1.43 bits per heavy atom. The van der Waals surface area contributed by atoms with Crippen molar-refractivity contribution in [2.24, 2.45) is 0 Å². The van der Waals surface area contributed by atoms with Crippen LogP contribution in [0.3, 0.4) is 0 Å². The molecule has 1 aromatic carbocycles. The highest BCUT2D eigenvalue weighted by molar-refractivity contribution is 6.31. The lowest BCUT2D eigenvalue weighted by atomic mass is 10.0. The molecule has 0 fully saturated rings. The SMILES string of the molecule is CCCNC(C)c1cccc(Cl)c1C. The van der Waals surface area contributed by atoms with Gasteiger partial charge in [-0.2, -0.15) is 0 Å². The summed E-state index contributed by atoms with van der Waals surface area (Å²) in [7, 11) is 0. The minimum Gasteiger partial charge on any atom is -0.310 e. The maximum atomic E-state index is 6.06. The zero-order valence-corrected chi connectivity index (χ0v) is 9.86. The number of nitrogens with one attached hydrogen (secondary N) is 1. The quantitative estimate of drug-likeness (QED) is 0.801. The fourth-order valence-electron chi connectivity index (χ4n) is 1.56. The van der Waals surface area contributed by atoms with Crippen LogP contribution in [0.1, 0.15) is 37.4 Å². The minimum absolute atomic E-state index is 0.383. The second-order valence-corrected chi connectivity index (χ2v) is 4.04. The van der Waals surface area contributed by atoms with Crippen LogP contribution >= 0.6 is 11.6 Å². The van der Waals surface area contributed by atoms with Gasteiger partial charge in [0.25, 0.3) is 0 Å². The van der Waals surface area contributed by atoms with Gasteiger partial charge in [0.2, 0.25) is 0 Å². The maximum absolute atomic E-state index is 6.06. The van der Waals surface area contributed by atoms with E-state index in [4.69, 9.17) is 11.6 Å². The molecule has 1 N–H and O–H groups in total. The summed E-state index contributed by atoms with van der Waals surface area (Å²) in [5.74, 6) is 0. The molecule has 0 spiro atoms. The summed E-state index contributed by atoms with van der Waals surface area (Å²) in [5, 5.41) is 4.31. The summed E-state index contributed by atoms with van der Waals surface area (Å²) < 4.78 is 0. The molecule has 1 rings (SSSR count). The molecule has 0 aliphatic heterocycles. The topological polar surface area (TPSA) is 12.0 Å². The third kappa shape index (κ3) is 2.73. The Hall–Kier alpha value is -0.530. The Morgan fingerprint density at radius 3 is 2.79 bits per heavy atom. The molecule has 0 radical (unpaired) electrons. The van der Waals surface area contributed by atoms with Crippen LogP contribution in [0.4, 0.5) is 0 Å². The summed E-state index contributed by atoms with van der Waals surface area (Å²) in [4.78, 5) is 0. The number of hydrogen-bond acceptors (Lipinski definition) is 1. The Balaban J connectivity index is 2.79. The molecule has 2 heteroatoms. The molecule has 1 atom stereocenters. The first-order chi connectivity index (χ1) is 6.66. The highest BCUT2D eigenvalue weighted by atomic mass is 35.5. The van der Waals surface area contributed by atoms with Gasteiger partial charge in [0, 0.05) is 11.1 Å². The number of rotatable bonds is 4. The van der Waals surface area contributed by atoms with E-state index in [9.17, 15) is 0 Å². The Morgan fingerprint density at radius 2 is 2.14 bits per heavy atom. The first-order valence-corrected chi connectivity index (χ1v) is 5.53. The predicted octanol–water partition coefficient (Wildman–Crippen LogP) is 3.71. The van der Waals surface area contributed by atoms with Crippen LogP contribution in [0.5, 0.6) is 0 Å². The molecule has 1 aromatic rings. The second kappa shape index (κ2) is 5.38. The molecule has 1 nitrogen and oxygen atoms in total. The molecule has 1 unspecified atom stereocenters. The van der Waals surface area contributed by atoms with Crippen molar-refractivity contribution in [3.05, 3.63) is 34.3 Å². The van der Waals surface area contributed by atoms with Crippen molar-refractivity contribution >= 4 is 11.6 Å². The number of benzene rings is 1. The summed E-state index contributed by atoms with van der Waals surface area (Å²) in [6.45, 7) is 7.47. The number of halogens is 1. The van der Waals surface area contributed by atoms with Gasteiger partial charge in [0.15, 0.2) is 0 Å². The molecule has 0 aliphatic carbocycles. The third-order valence-electron chi connectivity index (χ3n) is 2.48. The van der Waals surface area contributed by atoms with Gasteiger partial charge in [-0.3, -0.25) is 0 Å². The van der Waals surface area contributed by atoms with E-state index in [-0.39, 0.29) is 0 Å². The van der Waals surface area contributed by atoms with Crippen LogP contribution in [-0.2, 0) is 0 Å². The Bertz CT molecular complexity index is 296. The largest absolute Gasteiger partial charge is 0.310 e. The average Bonchev–Trinajstić information content (AvgIpc) is 2.18. The third-order valence-corrected chi connectivity index (χ3v) is 2.89. The molecule has 14 heavy (non-hydrogen) atoms. The van der Waals surface area contributed by atoms with Gasteiger partial charge in [-0.25, -0.2) is 0 Å². The average molecular weight is 212 g/mol. The van der Waals surface area contributed by atoms with Crippen LogP contribution in [-0.4, -0.2) is 6.54 Å². The molecular formula is C12H18ClN. The van der Waals surface area contributed by atoms with E-state index in [0.717, 1.165) is 18.0 Å². The lowest BCUT2D eigenvalue weighted by molar-refractivity contribution is 0.568. The fraction of sp³-hybridized carbons (Fsp3) is 0.500. The van der Waals surface area contributed by atoms with Crippen molar-refractivity contribution in [3.63, 3.8) is 0 Å². The van der Waals surface area contributed by atoms with Gasteiger partial charge in [-0.1, -0.05) is 30.7 Å². The van der Waals surface area contributed by atoms with Crippen LogP contribution in [0.15, 0.2) is 18.2 Å². The van der Waals surface area contributed by atoms with Crippen molar-refractivity contribution in [3.8, 4) is 0 Å². The van der Waals surface area contributed by atoms with Crippen LogP contribution < -0.4 is 5.32 Å². The molecule has 0 aromatic heterocycles. The van der Waals surface area contributed by atoms with E-state index < -0.39 is 0 Å². The maximum Gasteiger partial charge on any atom is 0.0438 e. The first-order valence-electron chi connectivity index (χ1n) is 5.15. The zero-order valence-electron chi connectivity index (χ0n) is 9.10. The number of hydrogen-bond donors (Lipinski definition) is 1. The van der Waals surface area contributed by atoms with Crippen molar-refractivity contribution in [2.75, 3.05) is 6.54 Å². The lowest BCUT2D eigenvalue weighted by Gasteiger charge is -2.16. The molecule has 0 aliphatic rings. The van der Waals surface area contributed by atoms with Crippen LogP contribution in [0, 0.1) is 6.92 Å². The molecule has 0 saturated heterocycles. The zero-order chi connectivity index (χ0) is 10.6. The second-order valence-electron chi connectivity index (χ2n) is 3.63. The molecule has 0 amide bonds. The van der Waals surface area contributed by atoms with E-state index >= 15 is 0 Å². The van der Waals surface area contributed by atoms with E-state index in [1.807, 2.05) is 12.1 Å². The van der Waals surface area contributed by atoms with Crippen molar-refractivity contribution in [2.45, 2.75) is 33.2 Å². The van der Waals surface area contributed by atoms with Crippen LogP contribution in [0.2, 0.25) is 5.02 Å². The predicted molar refractivity (Wildman–Crippen MR) is 62.9 cm³/mol. The van der Waals surface area contributed by atoms with Gasteiger partial charge >= 0.3 is 0 Å². The highest BCUT2D eigenvalue weighted by Gasteiger charge is 2.08. The van der Waals surface area contributed by atoms with Crippen molar-refractivity contribution in [1.29, 1.82) is 0 Å². The summed E-state index contributed by atoms with van der Waals surface area (Å²) in [6, 6.07) is 6.46.